The molecule has 0 aliphatic heterocycles. The topological polar surface area (TPSA) is 38.0 Å². The van der Waals surface area contributed by atoms with E-state index in [9.17, 15) is 0 Å². The van der Waals surface area contributed by atoms with Crippen molar-refractivity contribution in [3.05, 3.63) is 24.0 Å². The van der Waals surface area contributed by atoms with Crippen molar-refractivity contribution in [1.29, 1.82) is 0 Å². The van der Waals surface area contributed by atoms with Gasteiger partial charge < -0.3 is 5.11 Å². The average Bonchev–Trinajstić information content (AvgIpc) is 2.47. The lowest BCUT2D eigenvalue weighted by atomic mass is 10.1. The van der Waals surface area contributed by atoms with E-state index >= 15 is 0 Å². The Labute approximate surface area is 78.7 Å². The molecule has 0 aliphatic rings. The Kier molecular flexibility index (Phi) is 2.88. The highest BCUT2D eigenvalue weighted by Gasteiger charge is 2.12. The molecule has 0 unspecified atom stereocenters. The first kappa shape index (κ1) is 9.99. The van der Waals surface area contributed by atoms with Crippen LogP contribution in [-0.4, -0.2) is 21.5 Å². The molecule has 0 atom stereocenters. The van der Waals surface area contributed by atoms with Gasteiger partial charge in [0.2, 0.25) is 0 Å². The molecule has 0 radical (unpaired) electrons. The van der Waals surface area contributed by atoms with Gasteiger partial charge in [0.1, 0.15) is 0 Å². The molecule has 3 nitrogen and oxygen atoms in total. The maximum Gasteiger partial charge on any atom is 0.0615 e. The van der Waals surface area contributed by atoms with Crippen molar-refractivity contribution in [3.8, 4) is 0 Å². The number of aliphatic hydroxyl groups excluding tert-OH is 1. The summed E-state index contributed by atoms with van der Waals surface area (Å²) in [4.78, 5) is 0. The van der Waals surface area contributed by atoms with Crippen LogP contribution >= 0.6 is 0 Å². The second-order valence-corrected chi connectivity index (χ2v) is 3.97. The van der Waals surface area contributed by atoms with Crippen molar-refractivity contribution in [2.75, 3.05) is 6.61 Å². The van der Waals surface area contributed by atoms with E-state index in [-0.39, 0.29) is 12.1 Å². The average molecular weight is 180 g/mol. The summed E-state index contributed by atoms with van der Waals surface area (Å²) in [6.07, 6.45) is 7.31. The number of aromatic nitrogens is 2. The summed E-state index contributed by atoms with van der Waals surface area (Å²) in [7, 11) is 0. The van der Waals surface area contributed by atoms with E-state index in [0.29, 0.717) is 0 Å². The molecule has 0 saturated carbocycles. The van der Waals surface area contributed by atoms with Crippen LogP contribution in [0.5, 0.6) is 0 Å². The van der Waals surface area contributed by atoms with Crippen molar-refractivity contribution in [3.63, 3.8) is 0 Å². The number of hydrogen-bond acceptors (Lipinski definition) is 2. The summed E-state index contributed by atoms with van der Waals surface area (Å²) in [5.74, 6) is 0. The maximum atomic E-state index is 8.58. The van der Waals surface area contributed by atoms with Crippen molar-refractivity contribution < 1.29 is 5.11 Å². The zero-order valence-corrected chi connectivity index (χ0v) is 8.36. The van der Waals surface area contributed by atoms with Crippen LogP contribution in [0.15, 0.2) is 18.5 Å². The number of aliphatic hydroxyl groups is 1. The standard InChI is InChI=1S/C10H16N2O/c1-10(2,3)12-8-9(7-11-12)5-4-6-13/h4-5,7-8,13H,6H2,1-3H3/b5-4+. The predicted molar refractivity (Wildman–Crippen MR) is 53.3 cm³/mol. The van der Waals surface area contributed by atoms with Gasteiger partial charge in [-0.15, -0.1) is 0 Å². The van der Waals surface area contributed by atoms with Crippen LogP contribution in [-0.2, 0) is 5.54 Å². The van der Waals surface area contributed by atoms with E-state index in [1.807, 2.05) is 17.0 Å². The number of nitrogens with zero attached hydrogens (tertiary/aromatic N) is 2. The van der Waals surface area contributed by atoms with Gasteiger partial charge in [-0.25, -0.2) is 0 Å². The van der Waals surface area contributed by atoms with E-state index < -0.39 is 0 Å². The molecule has 0 aromatic carbocycles. The van der Waals surface area contributed by atoms with Crippen LogP contribution in [0.4, 0.5) is 0 Å². The van der Waals surface area contributed by atoms with E-state index in [0.717, 1.165) is 5.56 Å². The molecule has 13 heavy (non-hydrogen) atoms. The molecule has 1 aromatic heterocycles. The van der Waals surface area contributed by atoms with Gasteiger partial charge in [0.15, 0.2) is 0 Å². The van der Waals surface area contributed by atoms with Crippen molar-refractivity contribution in [2.24, 2.45) is 0 Å². The van der Waals surface area contributed by atoms with Gasteiger partial charge in [-0.1, -0.05) is 12.2 Å². The van der Waals surface area contributed by atoms with Crippen LogP contribution < -0.4 is 0 Å². The van der Waals surface area contributed by atoms with Crippen LogP contribution in [0.25, 0.3) is 6.08 Å². The molecule has 72 valence electrons. The Morgan fingerprint density at radius 2 is 2.23 bits per heavy atom. The van der Waals surface area contributed by atoms with Crippen LogP contribution in [0.1, 0.15) is 26.3 Å². The summed E-state index contributed by atoms with van der Waals surface area (Å²) >= 11 is 0. The molecule has 0 amide bonds. The summed E-state index contributed by atoms with van der Waals surface area (Å²) < 4.78 is 1.91. The Balaban J connectivity index is 2.81. The van der Waals surface area contributed by atoms with Crippen molar-refractivity contribution in [1.82, 2.24) is 9.78 Å². The Morgan fingerprint density at radius 1 is 1.54 bits per heavy atom. The molecule has 0 bridgehead atoms. The number of hydrogen-bond donors (Lipinski definition) is 1. The molecule has 0 saturated heterocycles. The molecule has 1 N–H and O–H groups in total. The first-order valence-electron chi connectivity index (χ1n) is 4.36. The minimum atomic E-state index is 0.0192. The molecule has 3 heteroatoms. The summed E-state index contributed by atoms with van der Waals surface area (Å²) in [5, 5.41) is 12.8. The van der Waals surface area contributed by atoms with Gasteiger partial charge >= 0.3 is 0 Å². The minimum Gasteiger partial charge on any atom is -0.392 e. The van der Waals surface area contributed by atoms with Crippen LogP contribution in [0.2, 0.25) is 0 Å². The van der Waals surface area contributed by atoms with E-state index in [2.05, 4.69) is 25.9 Å². The Morgan fingerprint density at radius 3 is 2.69 bits per heavy atom. The van der Waals surface area contributed by atoms with E-state index in [1.54, 1.807) is 12.3 Å². The lowest BCUT2D eigenvalue weighted by molar-refractivity contribution is 0.343. The third-order valence-electron chi connectivity index (χ3n) is 1.71. The molecular formula is C10H16N2O. The van der Waals surface area contributed by atoms with E-state index in [1.165, 1.54) is 0 Å². The van der Waals surface area contributed by atoms with Gasteiger partial charge in [0.25, 0.3) is 0 Å². The van der Waals surface area contributed by atoms with Crippen LogP contribution in [0.3, 0.4) is 0 Å². The third-order valence-corrected chi connectivity index (χ3v) is 1.71. The summed E-state index contributed by atoms with van der Waals surface area (Å²) in [6.45, 7) is 6.36. The fourth-order valence-electron chi connectivity index (χ4n) is 0.978. The normalized spacial score (nSPS) is 12.6. The van der Waals surface area contributed by atoms with E-state index in [4.69, 9.17) is 5.11 Å². The predicted octanol–water partition coefficient (Wildman–Crippen LogP) is 1.64. The lowest BCUT2D eigenvalue weighted by Gasteiger charge is -2.18. The third kappa shape index (κ3) is 2.70. The smallest absolute Gasteiger partial charge is 0.0615 e. The largest absolute Gasteiger partial charge is 0.392 e. The molecule has 1 heterocycles. The van der Waals surface area contributed by atoms with Crippen molar-refractivity contribution in [2.45, 2.75) is 26.3 Å². The van der Waals surface area contributed by atoms with Gasteiger partial charge in [-0.05, 0) is 20.8 Å². The maximum absolute atomic E-state index is 8.58. The second kappa shape index (κ2) is 3.75. The summed E-state index contributed by atoms with van der Waals surface area (Å²) in [6, 6.07) is 0. The van der Waals surface area contributed by atoms with Crippen molar-refractivity contribution >= 4 is 6.08 Å². The quantitative estimate of drug-likeness (QED) is 0.751. The Bertz CT molecular complexity index is 294. The van der Waals surface area contributed by atoms with Gasteiger partial charge in [0.05, 0.1) is 18.3 Å². The van der Waals surface area contributed by atoms with Gasteiger partial charge in [-0.2, -0.15) is 5.10 Å². The number of rotatable bonds is 2. The lowest BCUT2D eigenvalue weighted by Crippen LogP contribution is -2.21. The molecular weight excluding hydrogens is 164 g/mol. The van der Waals surface area contributed by atoms with Crippen LogP contribution in [0, 0.1) is 0 Å². The van der Waals surface area contributed by atoms with Gasteiger partial charge in [0, 0.05) is 11.8 Å². The molecule has 0 fully saturated rings. The summed E-state index contributed by atoms with van der Waals surface area (Å²) in [5.41, 5.74) is 1.04. The highest BCUT2D eigenvalue weighted by atomic mass is 16.2. The second-order valence-electron chi connectivity index (χ2n) is 3.97. The zero-order valence-electron chi connectivity index (χ0n) is 8.36. The Hall–Kier alpha value is -1.09. The highest BCUT2D eigenvalue weighted by Crippen LogP contribution is 2.13. The fraction of sp³-hybridized carbons (Fsp3) is 0.500. The molecule has 0 aliphatic carbocycles. The van der Waals surface area contributed by atoms with Gasteiger partial charge in [-0.3, -0.25) is 4.68 Å². The molecule has 1 aromatic rings. The SMILES string of the molecule is CC(C)(C)n1cc(/C=C/CO)cn1. The first-order chi connectivity index (χ1) is 6.04. The fourth-order valence-corrected chi connectivity index (χ4v) is 0.978. The monoisotopic (exact) mass is 180 g/mol. The minimum absolute atomic E-state index is 0.0192. The first-order valence-corrected chi connectivity index (χ1v) is 4.36. The molecule has 1 rings (SSSR count). The molecule has 0 spiro atoms. The highest BCUT2D eigenvalue weighted by molar-refractivity contribution is 5.46. The zero-order chi connectivity index (χ0) is 9.90.